The lowest BCUT2D eigenvalue weighted by Gasteiger charge is -2.27. The van der Waals surface area contributed by atoms with Crippen molar-refractivity contribution in [3.05, 3.63) is 0 Å². The summed E-state index contributed by atoms with van der Waals surface area (Å²) in [5.74, 6) is -0.385. The Balaban J connectivity index is 3.80. The predicted octanol–water partition coefficient (Wildman–Crippen LogP) is 1.68. The van der Waals surface area contributed by atoms with Crippen LogP contribution in [0.4, 0.5) is 8.78 Å². The number of rotatable bonds is 11. The number of hydrogen-bond acceptors (Lipinski definition) is 3. The second-order valence-electron chi connectivity index (χ2n) is 4.55. The summed E-state index contributed by atoms with van der Waals surface area (Å²) < 4.78 is 28.3. The zero-order valence-electron chi connectivity index (χ0n) is 11.2. The first kappa shape index (κ1) is 17.2. The molecule has 0 aromatic heterocycles. The number of halogens is 2. The molecular weight excluding hydrogens is 242 g/mol. The summed E-state index contributed by atoms with van der Waals surface area (Å²) >= 11 is 0. The number of alkyl halides is 2. The van der Waals surface area contributed by atoms with E-state index in [4.69, 9.17) is 10.5 Å². The molecule has 0 spiro atoms. The average molecular weight is 266 g/mol. The fourth-order valence-corrected chi connectivity index (χ4v) is 1.55. The number of unbranched alkanes of at least 4 members (excludes halogenated alkanes) is 1. The highest BCUT2D eigenvalue weighted by molar-refractivity contribution is 5.84. The Hall–Kier alpha value is -0.750. The van der Waals surface area contributed by atoms with Crippen LogP contribution in [0.5, 0.6) is 0 Å². The minimum atomic E-state index is -2.42. The molecule has 0 saturated heterocycles. The van der Waals surface area contributed by atoms with Crippen LogP contribution in [0.15, 0.2) is 0 Å². The van der Waals surface area contributed by atoms with Gasteiger partial charge in [0, 0.05) is 6.61 Å². The van der Waals surface area contributed by atoms with Gasteiger partial charge < -0.3 is 15.8 Å². The Bertz CT molecular complexity index is 240. The summed E-state index contributed by atoms with van der Waals surface area (Å²) in [5.41, 5.74) is 4.64. The van der Waals surface area contributed by atoms with Gasteiger partial charge in [-0.05, 0) is 39.2 Å². The van der Waals surface area contributed by atoms with Crippen LogP contribution in [0.2, 0.25) is 0 Å². The van der Waals surface area contributed by atoms with Gasteiger partial charge in [0.1, 0.15) is 6.61 Å². The van der Waals surface area contributed by atoms with Crippen LogP contribution >= 0.6 is 0 Å². The third-order valence-corrected chi connectivity index (χ3v) is 2.77. The highest BCUT2D eigenvalue weighted by Crippen LogP contribution is 2.13. The minimum absolute atomic E-state index is 0.285. The summed E-state index contributed by atoms with van der Waals surface area (Å²) in [7, 11) is 0. The second kappa shape index (κ2) is 9.22. The number of carbonyl (C=O) groups excluding carboxylic acids is 1. The molecule has 1 unspecified atom stereocenters. The summed E-state index contributed by atoms with van der Waals surface area (Å²) in [5, 5.41) is 3.12. The number of nitrogens with one attached hydrogen (secondary N) is 1. The van der Waals surface area contributed by atoms with Gasteiger partial charge in [-0.25, -0.2) is 8.78 Å². The Morgan fingerprint density at radius 3 is 2.61 bits per heavy atom. The lowest BCUT2D eigenvalue weighted by Crippen LogP contribution is -2.53. The Labute approximate surface area is 107 Å². The third-order valence-electron chi connectivity index (χ3n) is 2.77. The summed E-state index contributed by atoms with van der Waals surface area (Å²) in [6, 6.07) is 0. The van der Waals surface area contributed by atoms with E-state index in [-0.39, 0.29) is 12.5 Å². The van der Waals surface area contributed by atoms with E-state index in [0.29, 0.717) is 19.3 Å². The Morgan fingerprint density at radius 1 is 1.44 bits per heavy atom. The molecule has 1 amide bonds. The molecule has 108 valence electrons. The van der Waals surface area contributed by atoms with Gasteiger partial charge in [0.25, 0.3) is 6.43 Å². The van der Waals surface area contributed by atoms with Gasteiger partial charge in [0.2, 0.25) is 5.91 Å². The molecule has 0 aliphatic rings. The maximum atomic E-state index is 11.8. The van der Waals surface area contributed by atoms with E-state index < -0.39 is 18.6 Å². The van der Waals surface area contributed by atoms with Crippen molar-refractivity contribution >= 4 is 5.91 Å². The second-order valence-corrected chi connectivity index (χ2v) is 4.55. The molecule has 3 N–H and O–H groups in total. The number of amides is 1. The summed E-state index contributed by atoms with van der Waals surface area (Å²) in [4.78, 5) is 11.4. The molecule has 6 heteroatoms. The van der Waals surface area contributed by atoms with E-state index in [9.17, 15) is 13.6 Å². The summed E-state index contributed by atoms with van der Waals surface area (Å²) in [6.45, 7) is 4.26. The molecule has 0 aromatic carbocycles. The number of nitrogens with two attached hydrogens (primary N) is 1. The zero-order valence-corrected chi connectivity index (χ0v) is 11.2. The Kier molecular flexibility index (Phi) is 8.83. The largest absolute Gasteiger partial charge is 0.376 e. The van der Waals surface area contributed by atoms with Crippen LogP contribution in [0.1, 0.15) is 39.5 Å². The van der Waals surface area contributed by atoms with Gasteiger partial charge in [-0.3, -0.25) is 4.79 Å². The Morgan fingerprint density at radius 2 is 2.11 bits per heavy atom. The van der Waals surface area contributed by atoms with Crippen molar-refractivity contribution < 1.29 is 18.3 Å². The van der Waals surface area contributed by atoms with E-state index in [1.54, 1.807) is 6.92 Å². The molecule has 0 heterocycles. The van der Waals surface area contributed by atoms with Crippen LogP contribution in [0.25, 0.3) is 0 Å². The van der Waals surface area contributed by atoms with E-state index in [0.717, 1.165) is 13.0 Å². The fourth-order valence-electron chi connectivity index (χ4n) is 1.55. The highest BCUT2D eigenvalue weighted by atomic mass is 19.3. The van der Waals surface area contributed by atoms with Gasteiger partial charge in [-0.2, -0.15) is 0 Å². The van der Waals surface area contributed by atoms with Crippen molar-refractivity contribution in [1.29, 1.82) is 0 Å². The molecule has 0 aliphatic heterocycles. The molecule has 18 heavy (non-hydrogen) atoms. The van der Waals surface area contributed by atoms with Crippen LogP contribution < -0.4 is 11.1 Å². The monoisotopic (exact) mass is 266 g/mol. The van der Waals surface area contributed by atoms with Gasteiger partial charge in [0.15, 0.2) is 0 Å². The molecule has 0 radical (unpaired) electrons. The topological polar surface area (TPSA) is 64.3 Å². The quantitative estimate of drug-likeness (QED) is 0.559. The first-order chi connectivity index (χ1) is 8.42. The van der Waals surface area contributed by atoms with E-state index in [1.807, 2.05) is 6.92 Å². The molecular formula is C12H24F2N2O2. The van der Waals surface area contributed by atoms with Crippen molar-refractivity contribution in [1.82, 2.24) is 5.32 Å². The number of hydrogen-bond donors (Lipinski definition) is 2. The fraction of sp³-hybridized carbons (Fsp3) is 0.917. The number of primary amides is 1. The van der Waals surface area contributed by atoms with Gasteiger partial charge in [-0.15, -0.1) is 0 Å². The zero-order chi connectivity index (χ0) is 14.0. The van der Waals surface area contributed by atoms with Gasteiger partial charge in [0.05, 0.1) is 5.54 Å². The normalized spacial score (nSPS) is 14.7. The van der Waals surface area contributed by atoms with E-state index in [1.165, 1.54) is 0 Å². The van der Waals surface area contributed by atoms with Crippen LogP contribution in [0.3, 0.4) is 0 Å². The van der Waals surface area contributed by atoms with E-state index >= 15 is 0 Å². The molecule has 0 aliphatic carbocycles. The number of carbonyl (C=O) groups is 1. The predicted molar refractivity (Wildman–Crippen MR) is 66.6 cm³/mol. The molecule has 0 fully saturated rings. The van der Waals surface area contributed by atoms with Crippen molar-refractivity contribution in [3.63, 3.8) is 0 Å². The van der Waals surface area contributed by atoms with Crippen LogP contribution in [-0.2, 0) is 9.53 Å². The smallest absolute Gasteiger partial charge is 0.261 e. The maximum Gasteiger partial charge on any atom is 0.261 e. The number of ether oxygens (including phenoxy) is 1. The standard InChI is InChI=1S/C12H24F2N2O2/c1-3-7-16-12(2,11(15)17)6-4-5-8-18-9-10(13)14/h10,16H,3-9H2,1-2H3,(H2,15,17). The molecule has 0 bridgehead atoms. The lowest BCUT2D eigenvalue weighted by molar-refractivity contribution is -0.124. The lowest BCUT2D eigenvalue weighted by atomic mass is 9.94. The maximum absolute atomic E-state index is 11.8. The van der Waals surface area contributed by atoms with Gasteiger partial charge >= 0.3 is 0 Å². The molecule has 1 atom stereocenters. The minimum Gasteiger partial charge on any atom is -0.376 e. The molecule has 0 saturated carbocycles. The first-order valence-electron chi connectivity index (χ1n) is 6.33. The molecule has 0 aromatic rings. The van der Waals surface area contributed by atoms with E-state index in [2.05, 4.69) is 5.32 Å². The van der Waals surface area contributed by atoms with Crippen LogP contribution in [0, 0.1) is 0 Å². The average Bonchev–Trinajstić information content (AvgIpc) is 2.30. The van der Waals surface area contributed by atoms with Crippen LogP contribution in [-0.4, -0.2) is 37.6 Å². The molecule has 0 rings (SSSR count). The molecule has 4 nitrogen and oxygen atoms in total. The van der Waals surface area contributed by atoms with Crippen molar-refractivity contribution in [2.24, 2.45) is 5.73 Å². The SMILES string of the molecule is CCCNC(C)(CCCCOCC(F)F)C(N)=O. The van der Waals surface area contributed by atoms with Crippen molar-refractivity contribution in [3.8, 4) is 0 Å². The van der Waals surface area contributed by atoms with Crippen molar-refractivity contribution in [2.75, 3.05) is 19.8 Å². The van der Waals surface area contributed by atoms with Crippen molar-refractivity contribution in [2.45, 2.75) is 51.5 Å². The summed E-state index contributed by atoms with van der Waals surface area (Å²) in [6.07, 6.45) is 0.427. The first-order valence-corrected chi connectivity index (χ1v) is 6.33. The van der Waals surface area contributed by atoms with Gasteiger partial charge in [-0.1, -0.05) is 6.92 Å². The third kappa shape index (κ3) is 7.55. The highest BCUT2D eigenvalue weighted by Gasteiger charge is 2.29.